The van der Waals surface area contributed by atoms with Gasteiger partial charge in [0.05, 0.1) is 25.0 Å². The van der Waals surface area contributed by atoms with Crippen LogP contribution in [-0.2, 0) is 16.6 Å². The molecule has 27 heavy (non-hydrogen) atoms. The van der Waals surface area contributed by atoms with Crippen molar-refractivity contribution in [3.63, 3.8) is 0 Å². The molecule has 0 bridgehead atoms. The molecule has 0 saturated carbocycles. The fraction of sp³-hybridized carbons (Fsp3) is 0.158. The fourth-order valence-corrected chi connectivity index (χ4v) is 3.66. The van der Waals surface area contributed by atoms with Crippen molar-refractivity contribution in [1.29, 1.82) is 0 Å². The molecule has 0 fully saturated rings. The van der Waals surface area contributed by atoms with Gasteiger partial charge in [0.15, 0.2) is 0 Å². The number of methoxy groups -OCH3 is 1. The van der Waals surface area contributed by atoms with Gasteiger partial charge in [-0.15, -0.1) is 0 Å². The van der Waals surface area contributed by atoms with E-state index in [4.69, 9.17) is 4.74 Å². The molecule has 0 atom stereocenters. The SMILES string of the molecule is COc1cc(C)ccc1S(=O)(=O)NCc1cc(-c2ccc(F)cc2)ncn1. The smallest absolute Gasteiger partial charge is 0.244 e. The van der Waals surface area contributed by atoms with Crippen LogP contribution in [-0.4, -0.2) is 25.5 Å². The Kier molecular flexibility index (Phi) is 5.48. The van der Waals surface area contributed by atoms with Crippen LogP contribution in [0.5, 0.6) is 5.75 Å². The summed E-state index contributed by atoms with van der Waals surface area (Å²) in [6, 6.07) is 12.4. The average molecular weight is 387 g/mol. The first kappa shape index (κ1) is 18.9. The number of hydrogen-bond donors (Lipinski definition) is 1. The molecule has 1 N–H and O–H groups in total. The molecule has 3 aromatic rings. The zero-order chi connectivity index (χ0) is 19.4. The lowest BCUT2D eigenvalue weighted by Gasteiger charge is -2.11. The van der Waals surface area contributed by atoms with Crippen LogP contribution in [0.3, 0.4) is 0 Å². The molecule has 0 saturated heterocycles. The first-order chi connectivity index (χ1) is 12.9. The largest absolute Gasteiger partial charge is 0.495 e. The molecule has 0 radical (unpaired) electrons. The molecule has 0 aliphatic rings. The number of sulfonamides is 1. The minimum absolute atomic E-state index is 0.0178. The predicted octanol–water partition coefficient (Wildman–Crippen LogP) is 3.08. The summed E-state index contributed by atoms with van der Waals surface area (Å²) in [5.41, 5.74) is 2.67. The number of aromatic nitrogens is 2. The summed E-state index contributed by atoms with van der Waals surface area (Å²) in [6.45, 7) is 1.83. The summed E-state index contributed by atoms with van der Waals surface area (Å²) in [6.07, 6.45) is 1.34. The van der Waals surface area contributed by atoms with E-state index in [0.717, 1.165) is 5.56 Å². The number of halogens is 1. The van der Waals surface area contributed by atoms with Crippen LogP contribution < -0.4 is 9.46 Å². The van der Waals surface area contributed by atoms with E-state index in [0.29, 0.717) is 17.0 Å². The predicted molar refractivity (Wildman–Crippen MR) is 99.2 cm³/mol. The Labute approximate surface area is 157 Å². The molecule has 140 valence electrons. The lowest BCUT2D eigenvalue weighted by molar-refractivity contribution is 0.402. The van der Waals surface area contributed by atoms with Gasteiger partial charge in [0.25, 0.3) is 0 Å². The summed E-state index contributed by atoms with van der Waals surface area (Å²) in [7, 11) is -2.36. The van der Waals surface area contributed by atoms with Crippen LogP contribution in [0.25, 0.3) is 11.3 Å². The topological polar surface area (TPSA) is 81.2 Å². The third kappa shape index (κ3) is 4.47. The Hall–Kier alpha value is -2.84. The number of rotatable bonds is 6. The maximum atomic E-state index is 13.1. The third-order valence-electron chi connectivity index (χ3n) is 3.92. The average Bonchev–Trinajstić information content (AvgIpc) is 2.67. The Morgan fingerprint density at radius 1 is 1.07 bits per heavy atom. The van der Waals surface area contributed by atoms with Crippen molar-refractivity contribution >= 4 is 10.0 Å². The van der Waals surface area contributed by atoms with Crippen molar-refractivity contribution in [1.82, 2.24) is 14.7 Å². The molecule has 1 heterocycles. The number of nitrogens with one attached hydrogen (secondary N) is 1. The van der Waals surface area contributed by atoms with Gasteiger partial charge in [-0.05, 0) is 55.0 Å². The summed E-state index contributed by atoms with van der Waals surface area (Å²) in [5, 5.41) is 0. The van der Waals surface area contributed by atoms with Crippen LogP contribution in [0.15, 0.2) is 59.8 Å². The van der Waals surface area contributed by atoms with E-state index < -0.39 is 10.0 Å². The maximum absolute atomic E-state index is 13.1. The summed E-state index contributed by atoms with van der Waals surface area (Å²) < 4.78 is 46.0. The van der Waals surface area contributed by atoms with E-state index >= 15 is 0 Å². The van der Waals surface area contributed by atoms with Crippen molar-refractivity contribution in [2.45, 2.75) is 18.4 Å². The van der Waals surface area contributed by atoms with E-state index in [1.165, 1.54) is 31.6 Å². The Balaban J connectivity index is 1.80. The first-order valence-corrected chi connectivity index (χ1v) is 9.58. The van der Waals surface area contributed by atoms with Crippen molar-refractivity contribution in [2.24, 2.45) is 0 Å². The number of benzene rings is 2. The maximum Gasteiger partial charge on any atom is 0.244 e. The van der Waals surface area contributed by atoms with Gasteiger partial charge >= 0.3 is 0 Å². The van der Waals surface area contributed by atoms with Gasteiger partial charge in [-0.3, -0.25) is 0 Å². The highest BCUT2D eigenvalue weighted by Crippen LogP contribution is 2.25. The number of hydrogen-bond acceptors (Lipinski definition) is 5. The van der Waals surface area contributed by atoms with Gasteiger partial charge in [0.2, 0.25) is 10.0 Å². The second-order valence-corrected chi connectivity index (χ2v) is 7.62. The zero-order valence-electron chi connectivity index (χ0n) is 14.8. The Morgan fingerprint density at radius 2 is 1.81 bits per heavy atom. The molecule has 1 aromatic heterocycles. The third-order valence-corrected chi connectivity index (χ3v) is 5.36. The van der Waals surface area contributed by atoms with E-state index in [-0.39, 0.29) is 23.0 Å². The van der Waals surface area contributed by atoms with Gasteiger partial charge in [0, 0.05) is 5.56 Å². The first-order valence-electron chi connectivity index (χ1n) is 8.10. The standard InChI is InChI=1S/C19H18FN3O3S/c1-13-3-8-19(18(9-13)26-2)27(24,25)23-11-16-10-17(22-12-21-16)14-4-6-15(20)7-5-14/h3-10,12,23H,11H2,1-2H3. The monoisotopic (exact) mass is 387 g/mol. The quantitative estimate of drug-likeness (QED) is 0.703. The van der Waals surface area contributed by atoms with E-state index in [1.54, 1.807) is 30.3 Å². The molecule has 3 rings (SSSR count). The molecular weight excluding hydrogens is 369 g/mol. The lowest BCUT2D eigenvalue weighted by Crippen LogP contribution is -2.24. The van der Waals surface area contributed by atoms with Crippen molar-refractivity contribution in [2.75, 3.05) is 7.11 Å². The van der Waals surface area contributed by atoms with Gasteiger partial charge in [0.1, 0.15) is 22.8 Å². The summed E-state index contributed by atoms with van der Waals surface area (Å²) >= 11 is 0. The van der Waals surface area contributed by atoms with E-state index in [2.05, 4.69) is 14.7 Å². The zero-order valence-corrected chi connectivity index (χ0v) is 15.6. The van der Waals surface area contributed by atoms with Crippen LogP contribution >= 0.6 is 0 Å². The summed E-state index contributed by atoms with van der Waals surface area (Å²) in [4.78, 5) is 8.30. The highest BCUT2D eigenvalue weighted by Gasteiger charge is 2.19. The van der Waals surface area contributed by atoms with Crippen molar-refractivity contribution in [3.8, 4) is 17.0 Å². The molecule has 2 aromatic carbocycles. The Morgan fingerprint density at radius 3 is 2.52 bits per heavy atom. The molecule has 0 amide bonds. The van der Waals surface area contributed by atoms with Crippen LogP contribution in [0.4, 0.5) is 4.39 Å². The molecular formula is C19H18FN3O3S. The van der Waals surface area contributed by atoms with Crippen LogP contribution in [0.2, 0.25) is 0 Å². The van der Waals surface area contributed by atoms with Crippen LogP contribution in [0.1, 0.15) is 11.3 Å². The highest BCUT2D eigenvalue weighted by atomic mass is 32.2. The normalized spacial score (nSPS) is 11.4. The highest BCUT2D eigenvalue weighted by molar-refractivity contribution is 7.89. The van der Waals surface area contributed by atoms with E-state index in [1.807, 2.05) is 6.92 Å². The molecule has 0 aliphatic heterocycles. The van der Waals surface area contributed by atoms with Gasteiger partial charge in [-0.2, -0.15) is 0 Å². The molecule has 8 heteroatoms. The summed E-state index contributed by atoms with van der Waals surface area (Å²) in [5.74, 6) is -0.0648. The van der Waals surface area contributed by atoms with Gasteiger partial charge < -0.3 is 4.74 Å². The second-order valence-electron chi connectivity index (χ2n) is 5.88. The van der Waals surface area contributed by atoms with Gasteiger partial charge in [-0.1, -0.05) is 6.07 Å². The molecule has 0 aliphatic carbocycles. The minimum atomic E-state index is -3.79. The van der Waals surface area contributed by atoms with Crippen LogP contribution in [0, 0.1) is 12.7 Å². The molecule has 0 unspecified atom stereocenters. The Bertz CT molecular complexity index is 1050. The van der Waals surface area contributed by atoms with E-state index in [9.17, 15) is 12.8 Å². The fourth-order valence-electron chi connectivity index (χ4n) is 2.52. The van der Waals surface area contributed by atoms with Crippen molar-refractivity contribution < 1.29 is 17.5 Å². The molecule has 0 spiro atoms. The lowest BCUT2D eigenvalue weighted by atomic mass is 10.1. The number of aryl methyl sites for hydroxylation is 1. The second kappa shape index (κ2) is 7.81. The number of ether oxygens (including phenoxy) is 1. The van der Waals surface area contributed by atoms with Crippen molar-refractivity contribution in [3.05, 3.63) is 71.9 Å². The minimum Gasteiger partial charge on any atom is -0.495 e. The van der Waals surface area contributed by atoms with Gasteiger partial charge in [-0.25, -0.2) is 27.5 Å². The molecule has 6 nitrogen and oxygen atoms in total. The number of nitrogens with zero attached hydrogens (tertiary/aromatic N) is 2.